The molecule has 0 aromatic heterocycles. The number of unbranched alkanes of at least 4 members (excludes halogenated alkanes) is 1. The molecular weight excluding hydrogens is 273 g/mol. The van der Waals surface area contributed by atoms with Crippen molar-refractivity contribution < 1.29 is 19.0 Å². The lowest BCUT2D eigenvalue weighted by atomic mass is 9.94. The van der Waals surface area contributed by atoms with E-state index in [9.17, 15) is 14.3 Å². The van der Waals surface area contributed by atoms with Gasteiger partial charge in [0, 0.05) is 18.9 Å². The largest absolute Gasteiger partial charge is 0.490 e. The van der Waals surface area contributed by atoms with Gasteiger partial charge in [-0.2, -0.15) is 0 Å². The van der Waals surface area contributed by atoms with E-state index in [1.165, 1.54) is 13.0 Å². The van der Waals surface area contributed by atoms with E-state index in [2.05, 4.69) is 5.32 Å². The summed E-state index contributed by atoms with van der Waals surface area (Å²) in [6.07, 6.45) is 2.36. The number of fused-ring (bicyclic) bond motifs is 1. The van der Waals surface area contributed by atoms with Crippen molar-refractivity contribution in [1.82, 2.24) is 5.32 Å². The molecule has 1 amide bonds. The molecule has 1 aliphatic heterocycles. The normalized spacial score (nSPS) is 18.6. The van der Waals surface area contributed by atoms with Gasteiger partial charge in [0.25, 0.3) is 0 Å². The predicted molar refractivity (Wildman–Crippen MR) is 77.6 cm³/mol. The molecule has 4 nitrogen and oxygen atoms in total. The van der Waals surface area contributed by atoms with Gasteiger partial charge in [0.2, 0.25) is 5.91 Å². The Morgan fingerprint density at radius 2 is 2.33 bits per heavy atom. The third-order valence-electron chi connectivity index (χ3n) is 3.72. The van der Waals surface area contributed by atoms with Crippen molar-refractivity contribution in [2.24, 2.45) is 0 Å². The van der Waals surface area contributed by atoms with Gasteiger partial charge in [-0.15, -0.1) is 0 Å². The van der Waals surface area contributed by atoms with Crippen LogP contribution >= 0.6 is 0 Å². The van der Waals surface area contributed by atoms with Crippen molar-refractivity contribution in [1.29, 1.82) is 0 Å². The van der Waals surface area contributed by atoms with Crippen LogP contribution in [0.15, 0.2) is 12.1 Å². The van der Waals surface area contributed by atoms with Gasteiger partial charge < -0.3 is 15.2 Å². The van der Waals surface area contributed by atoms with Crippen molar-refractivity contribution in [3.05, 3.63) is 29.1 Å². The molecule has 1 aromatic rings. The van der Waals surface area contributed by atoms with Gasteiger partial charge in [0.15, 0.2) is 11.6 Å². The number of benzene rings is 1. The molecule has 2 unspecified atom stereocenters. The van der Waals surface area contributed by atoms with Crippen LogP contribution < -0.4 is 10.1 Å². The van der Waals surface area contributed by atoms with Crippen LogP contribution in [0.5, 0.6) is 5.75 Å². The number of nitrogens with one attached hydrogen (secondary N) is 1. The molecular formula is C16H22FNO3. The first kappa shape index (κ1) is 15.8. The zero-order chi connectivity index (χ0) is 15.4. The fourth-order valence-corrected chi connectivity index (χ4v) is 2.63. The molecule has 0 fully saturated rings. The van der Waals surface area contributed by atoms with Gasteiger partial charge in [-0.05, 0) is 24.1 Å². The van der Waals surface area contributed by atoms with E-state index in [0.717, 1.165) is 12.8 Å². The maximum atomic E-state index is 14.2. The number of aliphatic hydroxyl groups is 1. The summed E-state index contributed by atoms with van der Waals surface area (Å²) >= 11 is 0. The fraction of sp³-hybridized carbons (Fsp3) is 0.562. The van der Waals surface area contributed by atoms with E-state index < -0.39 is 11.9 Å². The van der Waals surface area contributed by atoms with E-state index in [0.29, 0.717) is 30.6 Å². The Morgan fingerprint density at radius 3 is 3.00 bits per heavy atom. The molecule has 0 spiro atoms. The van der Waals surface area contributed by atoms with Crippen LogP contribution in [0.1, 0.15) is 62.8 Å². The minimum Gasteiger partial charge on any atom is -0.490 e. The second-order valence-electron chi connectivity index (χ2n) is 5.47. The summed E-state index contributed by atoms with van der Waals surface area (Å²) < 4.78 is 19.6. The van der Waals surface area contributed by atoms with E-state index in [4.69, 9.17) is 4.74 Å². The van der Waals surface area contributed by atoms with Gasteiger partial charge in [-0.25, -0.2) is 4.39 Å². The standard InChI is InChI=1S/C16H22FNO3/c1-3-4-5-15(20)11-8-12-14(18-10(2)19)6-7-21-16(12)13(17)9-11/h8-9,14-15,20H,3-7H2,1-2H3,(H,18,19). The second-order valence-corrected chi connectivity index (χ2v) is 5.47. The average molecular weight is 295 g/mol. The Labute approximate surface area is 124 Å². The molecule has 0 aliphatic carbocycles. The van der Waals surface area contributed by atoms with Gasteiger partial charge in [-0.3, -0.25) is 4.79 Å². The number of hydrogen-bond acceptors (Lipinski definition) is 3. The summed E-state index contributed by atoms with van der Waals surface area (Å²) in [5.41, 5.74) is 1.16. The van der Waals surface area contributed by atoms with Crippen LogP contribution in [0, 0.1) is 5.82 Å². The lowest BCUT2D eigenvalue weighted by Crippen LogP contribution is -2.31. The topological polar surface area (TPSA) is 58.6 Å². The van der Waals surface area contributed by atoms with Crippen LogP contribution in [-0.2, 0) is 4.79 Å². The Bertz CT molecular complexity index is 518. The molecule has 0 saturated carbocycles. The summed E-state index contributed by atoms with van der Waals surface area (Å²) in [4.78, 5) is 11.3. The van der Waals surface area contributed by atoms with E-state index in [1.54, 1.807) is 6.07 Å². The Hall–Kier alpha value is -1.62. The number of aliphatic hydroxyl groups excluding tert-OH is 1. The molecule has 116 valence electrons. The lowest BCUT2D eigenvalue weighted by Gasteiger charge is -2.28. The van der Waals surface area contributed by atoms with Gasteiger partial charge in [-0.1, -0.05) is 19.8 Å². The van der Waals surface area contributed by atoms with Crippen LogP contribution in [0.4, 0.5) is 4.39 Å². The highest BCUT2D eigenvalue weighted by molar-refractivity contribution is 5.73. The smallest absolute Gasteiger partial charge is 0.217 e. The summed E-state index contributed by atoms with van der Waals surface area (Å²) in [5, 5.41) is 13.0. The van der Waals surface area contributed by atoms with E-state index in [1.807, 2.05) is 6.92 Å². The van der Waals surface area contributed by atoms with Gasteiger partial charge in [0.05, 0.1) is 18.8 Å². The monoisotopic (exact) mass is 295 g/mol. The number of amides is 1. The van der Waals surface area contributed by atoms with Crippen LogP contribution in [0.3, 0.4) is 0 Å². The number of halogens is 1. The van der Waals surface area contributed by atoms with Gasteiger partial charge in [0.1, 0.15) is 0 Å². The number of ether oxygens (including phenoxy) is 1. The summed E-state index contributed by atoms with van der Waals surface area (Å²) in [5.74, 6) is -0.454. The number of hydrogen-bond donors (Lipinski definition) is 2. The van der Waals surface area contributed by atoms with Crippen molar-refractivity contribution in [2.45, 2.75) is 51.7 Å². The van der Waals surface area contributed by atoms with Crippen LogP contribution in [0.25, 0.3) is 0 Å². The van der Waals surface area contributed by atoms with Crippen molar-refractivity contribution in [3.63, 3.8) is 0 Å². The lowest BCUT2D eigenvalue weighted by molar-refractivity contribution is -0.119. The molecule has 2 rings (SSSR count). The number of carbonyl (C=O) groups excluding carboxylic acids is 1. The first-order valence-electron chi connectivity index (χ1n) is 7.44. The molecule has 1 heterocycles. The minimum atomic E-state index is -0.690. The first-order valence-corrected chi connectivity index (χ1v) is 7.44. The zero-order valence-electron chi connectivity index (χ0n) is 12.5. The van der Waals surface area contributed by atoms with E-state index in [-0.39, 0.29) is 17.7 Å². The molecule has 0 radical (unpaired) electrons. The highest BCUT2D eigenvalue weighted by Crippen LogP contribution is 2.37. The predicted octanol–water partition coefficient (Wildman–Crippen LogP) is 3.01. The molecule has 2 atom stereocenters. The van der Waals surface area contributed by atoms with Gasteiger partial charge >= 0.3 is 0 Å². The Morgan fingerprint density at radius 1 is 1.57 bits per heavy atom. The Kier molecular flexibility index (Phi) is 5.17. The third-order valence-corrected chi connectivity index (χ3v) is 3.72. The van der Waals surface area contributed by atoms with Crippen molar-refractivity contribution in [3.8, 4) is 5.75 Å². The maximum absolute atomic E-state index is 14.2. The highest BCUT2D eigenvalue weighted by Gasteiger charge is 2.26. The molecule has 0 bridgehead atoms. The third kappa shape index (κ3) is 3.73. The van der Waals surface area contributed by atoms with Crippen molar-refractivity contribution in [2.75, 3.05) is 6.61 Å². The van der Waals surface area contributed by atoms with Crippen molar-refractivity contribution >= 4 is 5.91 Å². The summed E-state index contributed by atoms with van der Waals surface area (Å²) in [7, 11) is 0. The molecule has 0 saturated heterocycles. The molecule has 1 aromatic carbocycles. The SMILES string of the molecule is CCCCC(O)c1cc(F)c2c(c1)C(NC(C)=O)CCO2. The van der Waals surface area contributed by atoms with Crippen LogP contribution in [0.2, 0.25) is 0 Å². The Balaban J connectivity index is 2.31. The fourth-order valence-electron chi connectivity index (χ4n) is 2.63. The quantitative estimate of drug-likeness (QED) is 0.878. The first-order chi connectivity index (χ1) is 10.0. The molecule has 2 N–H and O–H groups in total. The second kappa shape index (κ2) is 6.89. The van der Waals surface area contributed by atoms with Crippen LogP contribution in [-0.4, -0.2) is 17.6 Å². The zero-order valence-corrected chi connectivity index (χ0v) is 12.5. The molecule has 1 aliphatic rings. The summed E-state index contributed by atoms with van der Waals surface area (Å²) in [6.45, 7) is 3.85. The average Bonchev–Trinajstić information content (AvgIpc) is 2.44. The number of carbonyl (C=O) groups is 1. The van der Waals surface area contributed by atoms with E-state index >= 15 is 0 Å². The molecule has 21 heavy (non-hydrogen) atoms. The molecule has 5 heteroatoms. The minimum absolute atomic E-state index is 0.162. The number of rotatable bonds is 5. The maximum Gasteiger partial charge on any atom is 0.217 e. The summed E-state index contributed by atoms with van der Waals surface area (Å²) in [6, 6.07) is 2.81. The highest BCUT2D eigenvalue weighted by atomic mass is 19.1.